The zero-order valence-electron chi connectivity index (χ0n) is 33.5. The number of allylic oxidation sites excluding steroid dienone is 3. The van der Waals surface area contributed by atoms with Crippen molar-refractivity contribution in [3.63, 3.8) is 0 Å². The van der Waals surface area contributed by atoms with Gasteiger partial charge in [-0.3, -0.25) is 4.79 Å². The van der Waals surface area contributed by atoms with Crippen LogP contribution in [0.15, 0.2) is 24.3 Å². The number of amides is 1. The maximum atomic E-state index is 12.4. The Kier molecular flexibility index (Phi) is 39.6. The zero-order chi connectivity index (χ0) is 36.6. The quantitative estimate of drug-likeness (QED) is 0.0377. The highest BCUT2D eigenvalue weighted by atomic mass is 16.3. The molecule has 296 valence electrons. The molecule has 3 unspecified atom stereocenters. The van der Waals surface area contributed by atoms with Crippen LogP contribution < -0.4 is 5.32 Å². The summed E-state index contributed by atoms with van der Waals surface area (Å²) in [6.07, 6.45) is 49.4. The number of carbonyl (C=O) groups is 1. The molecule has 0 saturated carbocycles. The van der Waals surface area contributed by atoms with Gasteiger partial charge in [0.1, 0.15) is 6.10 Å². The van der Waals surface area contributed by atoms with Gasteiger partial charge in [-0.15, -0.1) is 0 Å². The smallest absolute Gasteiger partial charge is 0.249 e. The third-order valence-corrected chi connectivity index (χ3v) is 10.3. The molecule has 1 amide bonds. The standard InChI is InChI=1S/C45H87NO4/c1-3-5-7-9-11-13-15-16-17-18-19-20-21-22-23-24-25-26-27-28-30-31-33-35-37-39-43(48)42(41-47)46-45(50)44(49)40-38-36-34-32-29-14-12-10-8-6-4-2/h12,14,37,39,42-44,47-49H,3-11,13,15-36,38,40-41H2,1-2H3,(H,46,50)/b14-12-,39-37+. The van der Waals surface area contributed by atoms with Crippen molar-refractivity contribution >= 4 is 5.91 Å². The lowest BCUT2D eigenvalue weighted by molar-refractivity contribution is -0.131. The fourth-order valence-corrected chi connectivity index (χ4v) is 6.77. The fourth-order valence-electron chi connectivity index (χ4n) is 6.77. The molecule has 0 spiro atoms. The van der Waals surface area contributed by atoms with Gasteiger partial charge < -0.3 is 20.6 Å². The van der Waals surface area contributed by atoms with Crippen LogP contribution in [0.1, 0.15) is 232 Å². The first-order valence-electron chi connectivity index (χ1n) is 22.2. The number of carbonyl (C=O) groups excluding carboxylic acids is 1. The second-order valence-corrected chi connectivity index (χ2v) is 15.3. The molecule has 0 bridgehead atoms. The first-order chi connectivity index (χ1) is 24.6. The van der Waals surface area contributed by atoms with E-state index in [1.807, 2.05) is 6.08 Å². The molecule has 4 N–H and O–H groups in total. The van der Waals surface area contributed by atoms with Gasteiger partial charge in [-0.05, 0) is 44.9 Å². The van der Waals surface area contributed by atoms with E-state index in [0.717, 1.165) is 44.9 Å². The average molecular weight is 706 g/mol. The molecule has 3 atom stereocenters. The highest BCUT2D eigenvalue weighted by Crippen LogP contribution is 2.16. The van der Waals surface area contributed by atoms with Gasteiger partial charge in [0.15, 0.2) is 0 Å². The largest absolute Gasteiger partial charge is 0.394 e. The first-order valence-corrected chi connectivity index (χ1v) is 22.2. The summed E-state index contributed by atoms with van der Waals surface area (Å²) in [5.41, 5.74) is 0. The number of hydrogen-bond acceptors (Lipinski definition) is 4. The molecule has 0 aliphatic heterocycles. The minimum absolute atomic E-state index is 0.366. The Hall–Kier alpha value is -1.17. The Morgan fingerprint density at radius 3 is 1.20 bits per heavy atom. The molecule has 50 heavy (non-hydrogen) atoms. The number of nitrogens with one attached hydrogen (secondary N) is 1. The van der Waals surface area contributed by atoms with Crippen LogP contribution in [0, 0.1) is 0 Å². The summed E-state index contributed by atoms with van der Waals surface area (Å²) >= 11 is 0. The first kappa shape index (κ1) is 48.8. The van der Waals surface area contributed by atoms with E-state index in [-0.39, 0.29) is 6.61 Å². The summed E-state index contributed by atoms with van der Waals surface area (Å²) in [7, 11) is 0. The maximum absolute atomic E-state index is 12.4. The van der Waals surface area contributed by atoms with Crippen molar-refractivity contribution in [2.24, 2.45) is 0 Å². The topological polar surface area (TPSA) is 89.8 Å². The van der Waals surface area contributed by atoms with Crippen LogP contribution in [-0.4, -0.2) is 46.1 Å². The summed E-state index contributed by atoms with van der Waals surface area (Å²) in [6, 6.07) is -0.799. The lowest BCUT2D eigenvalue weighted by Gasteiger charge is -2.21. The Balaban J connectivity index is 3.59. The van der Waals surface area contributed by atoms with E-state index < -0.39 is 24.2 Å². The van der Waals surface area contributed by atoms with Crippen LogP contribution in [-0.2, 0) is 4.79 Å². The van der Waals surface area contributed by atoms with Gasteiger partial charge in [-0.2, -0.15) is 0 Å². The second-order valence-electron chi connectivity index (χ2n) is 15.3. The molecule has 0 aliphatic carbocycles. The van der Waals surface area contributed by atoms with Gasteiger partial charge in [-0.25, -0.2) is 0 Å². The third-order valence-electron chi connectivity index (χ3n) is 10.3. The molecule has 0 radical (unpaired) electrons. The number of hydrogen-bond donors (Lipinski definition) is 4. The van der Waals surface area contributed by atoms with Crippen molar-refractivity contribution in [2.75, 3.05) is 6.61 Å². The van der Waals surface area contributed by atoms with Crippen LogP contribution in [0.2, 0.25) is 0 Å². The van der Waals surface area contributed by atoms with Crippen molar-refractivity contribution < 1.29 is 20.1 Å². The lowest BCUT2D eigenvalue weighted by atomic mass is 10.0. The minimum atomic E-state index is -1.10. The van der Waals surface area contributed by atoms with Crippen LogP contribution in [0.5, 0.6) is 0 Å². The Morgan fingerprint density at radius 2 is 0.800 bits per heavy atom. The molecule has 0 aromatic rings. The van der Waals surface area contributed by atoms with Crippen LogP contribution >= 0.6 is 0 Å². The van der Waals surface area contributed by atoms with Crippen LogP contribution in [0.4, 0.5) is 0 Å². The third kappa shape index (κ3) is 35.2. The monoisotopic (exact) mass is 706 g/mol. The van der Waals surface area contributed by atoms with Gasteiger partial charge in [-0.1, -0.05) is 212 Å². The molecule has 0 aromatic heterocycles. The lowest BCUT2D eigenvalue weighted by Crippen LogP contribution is -2.48. The molecule has 0 aromatic carbocycles. The number of aliphatic hydroxyl groups is 3. The highest BCUT2D eigenvalue weighted by molar-refractivity contribution is 5.80. The molecule has 5 heteroatoms. The summed E-state index contributed by atoms with van der Waals surface area (Å²) in [4.78, 5) is 12.4. The van der Waals surface area contributed by atoms with E-state index in [0.29, 0.717) is 6.42 Å². The van der Waals surface area contributed by atoms with Crippen molar-refractivity contribution in [1.82, 2.24) is 5.32 Å². The Bertz CT molecular complexity index is 739. The second kappa shape index (κ2) is 40.6. The molecular formula is C45H87NO4. The predicted molar refractivity (Wildman–Crippen MR) is 218 cm³/mol. The van der Waals surface area contributed by atoms with Gasteiger partial charge in [0, 0.05) is 0 Å². The van der Waals surface area contributed by atoms with E-state index >= 15 is 0 Å². The minimum Gasteiger partial charge on any atom is -0.394 e. The predicted octanol–water partition coefficient (Wildman–Crippen LogP) is 12.6. The van der Waals surface area contributed by atoms with Crippen molar-refractivity contribution in [1.29, 1.82) is 0 Å². The summed E-state index contributed by atoms with van der Waals surface area (Å²) in [6.45, 7) is 4.15. The van der Waals surface area contributed by atoms with E-state index in [2.05, 4.69) is 31.3 Å². The summed E-state index contributed by atoms with van der Waals surface area (Å²) in [5, 5.41) is 33.0. The molecule has 5 nitrogen and oxygen atoms in total. The molecule has 0 fully saturated rings. The van der Waals surface area contributed by atoms with E-state index in [1.54, 1.807) is 6.08 Å². The molecule has 0 saturated heterocycles. The highest BCUT2D eigenvalue weighted by Gasteiger charge is 2.22. The van der Waals surface area contributed by atoms with E-state index in [4.69, 9.17) is 0 Å². The van der Waals surface area contributed by atoms with Crippen molar-refractivity contribution in [3.05, 3.63) is 24.3 Å². The van der Waals surface area contributed by atoms with Crippen molar-refractivity contribution in [2.45, 2.75) is 250 Å². The van der Waals surface area contributed by atoms with Gasteiger partial charge in [0.2, 0.25) is 5.91 Å². The summed E-state index contributed by atoms with van der Waals surface area (Å²) in [5.74, 6) is -0.513. The zero-order valence-corrected chi connectivity index (χ0v) is 33.5. The maximum Gasteiger partial charge on any atom is 0.249 e. The molecule has 0 rings (SSSR count). The Labute approximate surface area is 312 Å². The van der Waals surface area contributed by atoms with E-state index in [9.17, 15) is 20.1 Å². The molecular weight excluding hydrogens is 618 g/mol. The van der Waals surface area contributed by atoms with Gasteiger partial charge >= 0.3 is 0 Å². The Morgan fingerprint density at radius 1 is 0.480 bits per heavy atom. The summed E-state index contributed by atoms with van der Waals surface area (Å²) < 4.78 is 0. The van der Waals surface area contributed by atoms with Gasteiger partial charge in [0.05, 0.1) is 18.8 Å². The number of aliphatic hydroxyl groups excluding tert-OH is 3. The fraction of sp³-hybridized carbons (Fsp3) is 0.889. The number of unbranched alkanes of at least 4 members (excludes halogenated alkanes) is 30. The molecule has 0 aliphatic rings. The van der Waals surface area contributed by atoms with Crippen LogP contribution in [0.3, 0.4) is 0 Å². The van der Waals surface area contributed by atoms with Crippen molar-refractivity contribution in [3.8, 4) is 0 Å². The average Bonchev–Trinajstić information content (AvgIpc) is 3.12. The molecule has 0 heterocycles. The van der Waals surface area contributed by atoms with Gasteiger partial charge in [0.25, 0.3) is 0 Å². The number of rotatable bonds is 40. The SMILES string of the molecule is CCCCC/C=C\CCCCCCC(O)C(=O)NC(CO)C(O)/C=C/CCCCCCCCCCCCCCCCCCCCCCCCC. The normalized spacial score (nSPS) is 13.8. The van der Waals surface area contributed by atoms with E-state index in [1.165, 1.54) is 167 Å². The van der Waals surface area contributed by atoms with Crippen LogP contribution in [0.25, 0.3) is 0 Å².